The van der Waals surface area contributed by atoms with Gasteiger partial charge in [0.1, 0.15) is 0 Å². The third-order valence-corrected chi connectivity index (χ3v) is 5.19. The van der Waals surface area contributed by atoms with Crippen molar-refractivity contribution >= 4 is 29.6 Å². The number of hydrogen-bond acceptors (Lipinski definition) is 7. The molecular weight excluding hydrogens is 272 g/mol. The molecule has 0 bridgehead atoms. The van der Waals surface area contributed by atoms with Crippen molar-refractivity contribution in [2.24, 2.45) is 0 Å². The summed E-state index contributed by atoms with van der Waals surface area (Å²) in [6.45, 7) is 2.94. The van der Waals surface area contributed by atoms with Crippen molar-refractivity contribution in [2.75, 3.05) is 41.3 Å². The molecule has 3 heterocycles. The van der Waals surface area contributed by atoms with Crippen LogP contribution in [-0.2, 0) is 0 Å². The number of nitrogens with zero attached hydrogens (tertiary/aromatic N) is 4. The molecule has 6 nitrogen and oxygen atoms in total. The number of thioether (sulfide) groups is 1. The summed E-state index contributed by atoms with van der Waals surface area (Å²) in [5, 5.41) is 3.99. The van der Waals surface area contributed by atoms with E-state index < -0.39 is 0 Å². The van der Waals surface area contributed by atoms with Crippen LogP contribution in [0.15, 0.2) is 0 Å². The van der Waals surface area contributed by atoms with E-state index in [1.807, 2.05) is 11.8 Å². The average Bonchev–Trinajstić information content (AvgIpc) is 3.00. The number of anilines is 3. The zero-order valence-electron chi connectivity index (χ0n) is 11.7. The molecule has 1 unspecified atom stereocenters. The van der Waals surface area contributed by atoms with Crippen LogP contribution in [0.2, 0.25) is 0 Å². The van der Waals surface area contributed by atoms with Crippen LogP contribution in [0.5, 0.6) is 0 Å². The second-order valence-electron chi connectivity index (χ2n) is 5.38. The molecule has 0 aromatic carbocycles. The standard InChI is InChI=1S/C13H22N6S/c14-11-16-12(15-9-10-5-1-4-8-20-10)18-13(17-11)19-6-2-3-7-19/h10H,1-9H2,(H3,14,15,16,17,18). The zero-order valence-corrected chi connectivity index (χ0v) is 12.5. The van der Waals surface area contributed by atoms with Crippen LogP contribution in [0.25, 0.3) is 0 Å². The fourth-order valence-electron chi connectivity index (χ4n) is 2.69. The molecule has 3 rings (SSSR count). The first kappa shape index (κ1) is 13.7. The summed E-state index contributed by atoms with van der Waals surface area (Å²) < 4.78 is 0. The maximum atomic E-state index is 5.80. The maximum Gasteiger partial charge on any atom is 0.231 e. The van der Waals surface area contributed by atoms with Crippen LogP contribution in [-0.4, -0.2) is 45.6 Å². The van der Waals surface area contributed by atoms with Gasteiger partial charge in [-0.15, -0.1) is 0 Å². The summed E-state index contributed by atoms with van der Waals surface area (Å²) in [5.74, 6) is 2.91. The summed E-state index contributed by atoms with van der Waals surface area (Å²) in [6, 6.07) is 0. The van der Waals surface area contributed by atoms with Gasteiger partial charge in [0.2, 0.25) is 17.8 Å². The molecular formula is C13H22N6S. The van der Waals surface area contributed by atoms with Gasteiger partial charge in [-0.05, 0) is 31.4 Å². The average molecular weight is 294 g/mol. The lowest BCUT2D eigenvalue weighted by Gasteiger charge is -2.22. The van der Waals surface area contributed by atoms with E-state index in [2.05, 4.69) is 25.2 Å². The first-order valence-corrected chi connectivity index (χ1v) is 8.48. The van der Waals surface area contributed by atoms with Crippen LogP contribution >= 0.6 is 11.8 Å². The molecule has 110 valence electrons. The molecule has 2 fully saturated rings. The Bertz CT molecular complexity index is 442. The molecule has 1 aromatic rings. The Morgan fingerprint density at radius 1 is 1.15 bits per heavy atom. The summed E-state index contributed by atoms with van der Waals surface area (Å²) in [6.07, 6.45) is 6.36. The van der Waals surface area contributed by atoms with Crippen molar-refractivity contribution in [1.82, 2.24) is 15.0 Å². The number of rotatable bonds is 4. The van der Waals surface area contributed by atoms with Crippen molar-refractivity contribution < 1.29 is 0 Å². The van der Waals surface area contributed by atoms with Gasteiger partial charge in [0.25, 0.3) is 0 Å². The van der Waals surface area contributed by atoms with Crippen LogP contribution < -0.4 is 16.0 Å². The summed E-state index contributed by atoms with van der Waals surface area (Å²) >= 11 is 2.04. The van der Waals surface area contributed by atoms with Gasteiger partial charge < -0.3 is 16.0 Å². The highest BCUT2D eigenvalue weighted by molar-refractivity contribution is 7.99. The summed E-state index contributed by atoms with van der Waals surface area (Å²) in [7, 11) is 0. The van der Waals surface area contributed by atoms with Gasteiger partial charge in [-0.1, -0.05) is 6.42 Å². The van der Waals surface area contributed by atoms with Crippen molar-refractivity contribution in [3.63, 3.8) is 0 Å². The van der Waals surface area contributed by atoms with Gasteiger partial charge >= 0.3 is 0 Å². The van der Waals surface area contributed by atoms with E-state index in [1.54, 1.807) is 0 Å². The molecule has 2 aliphatic rings. The molecule has 2 aliphatic heterocycles. The van der Waals surface area contributed by atoms with E-state index >= 15 is 0 Å². The van der Waals surface area contributed by atoms with Crippen LogP contribution in [0.1, 0.15) is 32.1 Å². The number of aromatic nitrogens is 3. The molecule has 0 aliphatic carbocycles. The predicted octanol–water partition coefficient (Wildman–Crippen LogP) is 1.75. The van der Waals surface area contributed by atoms with Crippen LogP contribution in [0.3, 0.4) is 0 Å². The Hall–Kier alpha value is -1.24. The molecule has 3 N–H and O–H groups in total. The Labute approximate surface area is 124 Å². The fourth-order valence-corrected chi connectivity index (χ4v) is 3.93. The normalized spacial score (nSPS) is 23.0. The van der Waals surface area contributed by atoms with Crippen LogP contribution in [0.4, 0.5) is 17.8 Å². The number of nitrogens with two attached hydrogens (primary N) is 1. The quantitative estimate of drug-likeness (QED) is 0.875. The van der Waals surface area contributed by atoms with Gasteiger partial charge in [-0.2, -0.15) is 26.7 Å². The Morgan fingerprint density at radius 3 is 2.75 bits per heavy atom. The first-order valence-electron chi connectivity index (χ1n) is 7.43. The summed E-state index contributed by atoms with van der Waals surface area (Å²) in [5.41, 5.74) is 5.80. The third-order valence-electron chi connectivity index (χ3n) is 3.79. The smallest absolute Gasteiger partial charge is 0.231 e. The van der Waals surface area contributed by atoms with Crippen molar-refractivity contribution in [2.45, 2.75) is 37.4 Å². The SMILES string of the molecule is Nc1nc(NCC2CCCCS2)nc(N2CCCC2)n1. The van der Waals surface area contributed by atoms with Crippen molar-refractivity contribution in [3.05, 3.63) is 0 Å². The summed E-state index contributed by atoms with van der Waals surface area (Å²) in [4.78, 5) is 15.1. The van der Waals surface area contributed by atoms with E-state index in [-0.39, 0.29) is 0 Å². The molecule has 0 radical (unpaired) electrons. The lowest BCUT2D eigenvalue weighted by atomic mass is 10.2. The highest BCUT2D eigenvalue weighted by Crippen LogP contribution is 2.25. The second kappa shape index (κ2) is 6.47. The highest BCUT2D eigenvalue weighted by Gasteiger charge is 2.18. The van der Waals surface area contributed by atoms with Gasteiger partial charge in [0.05, 0.1) is 0 Å². The van der Waals surface area contributed by atoms with E-state index in [9.17, 15) is 0 Å². The van der Waals surface area contributed by atoms with Crippen molar-refractivity contribution in [3.8, 4) is 0 Å². The van der Waals surface area contributed by atoms with Gasteiger partial charge in [-0.3, -0.25) is 0 Å². The highest BCUT2D eigenvalue weighted by atomic mass is 32.2. The fraction of sp³-hybridized carbons (Fsp3) is 0.769. The molecule has 0 saturated carbocycles. The Morgan fingerprint density at radius 2 is 2.00 bits per heavy atom. The maximum absolute atomic E-state index is 5.80. The second-order valence-corrected chi connectivity index (χ2v) is 6.79. The first-order chi connectivity index (χ1) is 9.81. The van der Waals surface area contributed by atoms with Crippen molar-refractivity contribution in [1.29, 1.82) is 0 Å². The Kier molecular flexibility index (Phi) is 4.44. The van der Waals surface area contributed by atoms with E-state index in [0.717, 1.165) is 19.6 Å². The molecule has 1 atom stereocenters. The molecule has 1 aromatic heterocycles. The van der Waals surface area contributed by atoms with E-state index in [4.69, 9.17) is 5.73 Å². The number of nitrogen functional groups attached to an aromatic ring is 1. The lowest BCUT2D eigenvalue weighted by molar-refractivity contribution is 0.676. The monoisotopic (exact) mass is 294 g/mol. The minimum atomic E-state index is 0.306. The van der Waals surface area contributed by atoms with Gasteiger partial charge in [0.15, 0.2) is 0 Å². The van der Waals surface area contributed by atoms with E-state index in [1.165, 1.54) is 37.9 Å². The zero-order chi connectivity index (χ0) is 13.8. The van der Waals surface area contributed by atoms with Crippen LogP contribution in [0, 0.1) is 0 Å². The minimum absolute atomic E-state index is 0.306. The molecule has 20 heavy (non-hydrogen) atoms. The largest absolute Gasteiger partial charge is 0.368 e. The molecule has 2 saturated heterocycles. The van der Waals surface area contributed by atoms with E-state index in [0.29, 0.717) is 23.1 Å². The Balaban J connectivity index is 1.63. The predicted molar refractivity (Wildman–Crippen MR) is 84.3 cm³/mol. The molecule has 7 heteroatoms. The lowest BCUT2D eigenvalue weighted by Crippen LogP contribution is -2.24. The van der Waals surface area contributed by atoms with Gasteiger partial charge in [0, 0.05) is 24.9 Å². The third kappa shape index (κ3) is 3.45. The number of nitrogens with one attached hydrogen (secondary N) is 1. The van der Waals surface area contributed by atoms with Gasteiger partial charge in [-0.25, -0.2) is 0 Å². The molecule has 0 amide bonds. The minimum Gasteiger partial charge on any atom is -0.368 e. The topological polar surface area (TPSA) is 80.0 Å². The molecule has 0 spiro atoms. The number of hydrogen-bond donors (Lipinski definition) is 2.